The molecule has 0 radical (unpaired) electrons. The molecule has 0 saturated carbocycles. The van der Waals surface area contributed by atoms with Crippen molar-refractivity contribution in [3.63, 3.8) is 0 Å². The Balaban J connectivity index is 3.10. The second kappa shape index (κ2) is 5.85. The molecule has 1 amide bonds. The van der Waals surface area contributed by atoms with Crippen LogP contribution in [-0.2, 0) is 4.74 Å². The van der Waals surface area contributed by atoms with Crippen LogP contribution >= 0.6 is 0 Å². The Morgan fingerprint density at radius 3 is 2.50 bits per heavy atom. The summed E-state index contributed by atoms with van der Waals surface area (Å²) in [6.45, 7) is 7.08. The van der Waals surface area contributed by atoms with Crippen molar-refractivity contribution in [2.24, 2.45) is 0 Å². The molecule has 0 aliphatic heterocycles. The maximum Gasteiger partial charge on any atom is 0.414 e. The second-order valence-electron chi connectivity index (χ2n) is 5.12. The van der Waals surface area contributed by atoms with E-state index in [0.29, 0.717) is 0 Å². The van der Waals surface area contributed by atoms with Crippen LogP contribution in [0.5, 0.6) is 0 Å². The maximum absolute atomic E-state index is 13.3. The fourth-order valence-corrected chi connectivity index (χ4v) is 1.54. The van der Waals surface area contributed by atoms with Crippen LogP contribution < -0.4 is 4.90 Å². The number of hydrogen-bond acceptors (Lipinski definition) is 4. The van der Waals surface area contributed by atoms with Crippen molar-refractivity contribution in [3.05, 3.63) is 34.1 Å². The van der Waals surface area contributed by atoms with Gasteiger partial charge in [-0.3, -0.25) is 15.0 Å². The number of rotatable bonds is 3. The Kier molecular flexibility index (Phi) is 4.65. The number of carbonyl (C=O) groups is 1. The van der Waals surface area contributed by atoms with E-state index in [2.05, 4.69) is 0 Å². The van der Waals surface area contributed by atoms with E-state index in [0.717, 1.165) is 12.1 Å². The Labute approximate surface area is 116 Å². The predicted octanol–water partition coefficient (Wildman–Crippen LogP) is 3.50. The van der Waals surface area contributed by atoms with Gasteiger partial charge in [-0.2, -0.15) is 4.39 Å². The largest absolute Gasteiger partial charge is 0.443 e. The Bertz CT molecular complexity index is 526. The van der Waals surface area contributed by atoms with Gasteiger partial charge in [-0.25, -0.2) is 4.79 Å². The van der Waals surface area contributed by atoms with Crippen LogP contribution in [0.15, 0.2) is 18.2 Å². The summed E-state index contributed by atoms with van der Waals surface area (Å²) in [6.07, 6.45) is -0.638. The summed E-state index contributed by atoms with van der Waals surface area (Å²) >= 11 is 0. The molecule has 0 unspecified atom stereocenters. The van der Waals surface area contributed by atoms with Gasteiger partial charge in [0.25, 0.3) is 0 Å². The van der Waals surface area contributed by atoms with E-state index in [4.69, 9.17) is 4.74 Å². The monoisotopic (exact) mass is 284 g/mol. The number of carbonyl (C=O) groups excluding carboxylic acids is 1. The molecule has 0 bridgehead atoms. The number of halogens is 1. The molecule has 110 valence electrons. The predicted molar refractivity (Wildman–Crippen MR) is 72.3 cm³/mol. The number of nitrogens with zero attached hydrogens (tertiary/aromatic N) is 2. The minimum absolute atomic E-state index is 0.217. The quantitative estimate of drug-likeness (QED) is 0.629. The van der Waals surface area contributed by atoms with Crippen LogP contribution in [0.4, 0.5) is 20.6 Å². The SMILES string of the molecule is CCN(C(=O)OC(C)(C)C)c1ccc(F)c([N+](=O)[O-])c1. The Morgan fingerprint density at radius 2 is 2.05 bits per heavy atom. The summed E-state index contributed by atoms with van der Waals surface area (Å²) < 4.78 is 18.5. The summed E-state index contributed by atoms with van der Waals surface area (Å²) in [5.41, 5.74) is -1.14. The molecule has 20 heavy (non-hydrogen) atoms. The molecule has 0 aromatic heterocycles. The highest BCUT2D eigenvalue weighted by atomic mass is 19.1. The molecular weight excluding hydrogens is 267 g/mol. The first-order chi connectivity index (χ1) is 9.15. The van der Waals surface area contributed by atoms with Gasteiger partial charge in [-0.1, -0.05) is 0 Å². The fraction of sp³-hybridized carbons (Fsp3) is 0.462. The number of hydrogen-bond donors (Lipinski definition) is 0. The van der Waals surface area contributed by atoms with Gasteiger partial charge in [-0.05, 0) is 39.8 Å². The van der Waals surface area contributed by atoms with Crippen LogP contribution in [0.1, 0.15) is 27.7 Å². The highest BCUT2D eigenvalue weighted by Crippen LogP contribution is 2.25. The third-order valence-electron chi connectivity index (χ3n) is 2.37. The average Bonchev–Trinajstić information content (AvgIpc) is 2.29. The summed E-state index contributed by atoms with van der Waals surface area (Å²) in [5.74, 6) is -0.945. The molecule has 0 spiro atoms. The summed E-state index contributed by atoms with van der Waals surface area (Å²) in [5, 5.41) is 10.7. The molecule has 0 fully saturated rings. The molecular formula is C13H17FN2O4. The van der Waals surface area contributed by atoms with Crippen molar-refractivity contribution in [3.8, 4) is 0 Å². The van der Waals surface area contributed by atoms with E-state index in [1.807, 2.05) is 0 Å². The normalized spacial score (nSPS) is 11.1. The number of amides is 1. The first-order valence-electron chi connectivity index (χ1n) is 6.10. The highest BCUT2D eigenvalue weighted by molar-refractivity contribution is 5.88. The molecule has 6 nitrogen and oxygen atoms in total. The Morgan fingerprint density at radius 1 is 1.45 bits per heavy atom. The molecule has 0 saturated heterocycles. The van der Waals surface area contributed by atoms with Crippen molar-refractivity contribution in [2.75, 3.05) is 11.4 Å². The number of ether oxygens (including phenoxy) is 1. The van der Waals surface area contributed by atoms with Gasteiger partial charge in [0, 0.05) is 12.6 Å². The van der Waals surface area contributed by atoms with E-state index < -0.39 is 28.1 Å². The number of anilines is 1. The summed E-state index contributed by atoms with van der Waals surface area (Å²) in [6, 6.07) is 3.28. The zero-order chi connectivity index (χ0) is 15.5. The molecule has 0 aliphatic rings. The third-order valence-corrected chi connectivity index (χ3v) is 2.37. The van der Waals surface area contributed by atoms with Gasteiger partial charge in [0.05, 0.1) is 10.6 Å². The molecule has 1 aromatic carbocycles. The lowest BCUT2D eigenvalue weighted by Crippen LogP contribution is -2.36. The lowest BCUT2D eigenvalue weighted by molar-refractivity contribution is -0.387. The first kappa shape index (κ1) is 15.9. The standard InChI is InChI=1S/C13H17FN2O4/c1-5-15(12(17)20-13(2,3)4)9-6-7-10(14)11(8-9)16(18)19/h6-8H,5H2,1-4H3. The van der Waals surface area contributed by atoms with Crippen LogP contribution in [-0.4, -0.2) is 23.2 Å². The van der Waals surface area contributed by atoms with Gasteiger partial charge in [0.2, 0.25) is 5.82 Å². The van der Waals surface area contributed by atoms with E-state index in [-0.39, 0.29) is 12.2 Å². The first-order valence-corrected chi connectivity index (χ1v) is 6.10. The summed E-state index contributed by atoms with van der Waals surface area (Å²) in [7, 11) is 0. The zero-order valence-corrected chi connectivity index (χ0v) is 11.8. The minimum Gasteiger partial charge on any atom is -0.443 e. The molecule has 0 N–H and O–H groups in total. The molecule has 1 aromatic rings. The Hall–Kier alpha value is -2.18. The molecule has 0 heterocycles. The van der Waals surface area contributed by atoms with Crippen LogP contribution in [0.25, 0.3) is 0 Å². The molecule has 1 rings (SSSR count). The second-order valence-corrected chi connectivity index (χ2v) is 5.12. The lowest BCUT2D eigenvalue weighted by atomic mass is 10.2. The maximum atomic E-state index is 13.3. The smallest absolute Gasteiger partial charge is 0.414 e. The van der Waals surface area contributed by atoms with Crippen LogP contribution in [0.3, 0.4) is 0 Å². The van der Waals surface area contributed by atoms with Crippen molar-refractivity contribution >= 4 is 17.5 Å². The minimum atomic E-state index is -0.945. The van der Waals surface area contributed by atoms with Crippen LogP contribution in [0, 0.1) is 15.9 Å². The zero-order valence-electron chi connectivity index (χ0n) is 11.8. The number of nitro benzene ring substituents is 1. The van der Waals surface area contributed by atoms with Gasteiger partial charge >= 0.3 is 11.8 Å². The third kappa shape index (κ3) is 3.91. The van der Waals surface area contributed by atoms with Gasteiger partial charge < -0.3 is 4.74 Å². The van der Waals surface area contributed by atoms with Crippen molar-refractivity contribution in [2.45, 2.75) is 33.3 Å². The summed E-state index contributed by atoms with van der Waals surface area (Å²) in [4.78, 5) is 23.1. The van der Waals surface area contributed by atoms with Gasteiger partial charge in [0.1, 0.15) is 5.60 Å². The van der Waals surface area contributed by atoms with Crippen LogP contribution in [0.2, 0.25) is 0 Å². The van der Waals surface area contributed by atoms with Gasteiger partial charge in [-0.15, -0.1) is 0 Å². The molecule has 0 aliphatic carbocycles. The fourth-order valence-electron chi connectivity index (χ4n) is 1.54. The van der Waals surface area contributed by atoms with Crippen molar-refractivity contribution in [1.82, 2.24) is 0 Å². The topological polar surface area (TPSA) is 72.7 Å². The highest BCUT2D eigenvalue weighted by Gasteiger charge is 2.24. The van der Waals surface area contributed by atoms with E-state index in [1.54, 1.807) is 27.7 Å². The van der Waals surface area contributed by atoms with E-state index in [1.165, 1.54) is 11.0 Å². The molecule has 7 heteroatoms. The number of benzene rings is 1. The van der Waals surface area contributed by atoms with Gasteiger partial charge in [0.15, 0.2) is 0 Å². The van der Waals surface area contributed by atoms with E-state index >= 15 is 0 Å². The lowest BCUT2D eigenvalue weighted by Gasteiger charge is -2.26. The molecule has 0 atom stereocenters. The van der Waals surface area contributed by atoms with Crippen molar-refractivity contribution in [1.29, 1.82) is 0 Å². The number of nitro groups is 1. The average molecular weight is 284 g/mol. The van der Waals surface area contributed by atoms with E-state index in [9.17, 15) is 19.3 Å². The van der Waals surface area contributed by atoms with Crippen molar-refractivity contribution < 1.29 is 18.8 Å².